The number of nitrogens with one attached hydrogen (secondary N) is 1. The maximum absolute atomic E-state index is 3.19. The number of nitrogens with zero attached hydrogens (tertiary/aromatic N) is 1. The summed E-state index contributed by atoms with van der Waals surface area (Å²) in [6.07, 6.45) is 3.71. The highest BCUT2D eigenvalue weighted by molar-refractivity contribution is 5.22. The number of unbranched alkanes of at least 4 members (excludes halogenated alkanes) is 1. The van der Waals surface area contributed by atoms with Gasteiger partial charge in [-0.05, 0) is 58.9 Å². The minimum Gasteiger partial charge on any atom is -0.320 e. The van der Waals surface area contributed by atoms with Crippen molar-refractivity contribution in [2.45, 2.75) is 26.2 Å². The van der Waals surface area contributed by atoms with Crippen molar-refractivity contribution in [2.24, 2.45) is 0 Å². The van der Waals surface area contributed by atoms with E-state index in [1.54, 1.807) is 0 Å². The molecule has 1 N–H and O–H groups in total. The van der Waals surface area contributed by atoms with E-state index in [9.17, 15) is 0 Å². The van der Waals surface area contributed by atoms with Gasteiger partial charge in [-0.3, -0.25) is 0 Å². The Bertz CT molecular complexity index is 310. The van der Waals surface area contributed by atoms with Gasteiger partial charge in [0.1, 0.15) is 0 Å². The summed E-state index contributed by atoms with van der Waals surface area (Å²) in [6.45, 7) is 5.65. The van der Waals surface area contributed by atoms with Crippen LogP contribution in [0.5, 0.6) is 0 Å². The Balaban J connectivity index is 2.17. The van der Waals surface area contributed by atoms with Crippen LogP contribution in [0.3, 0.4) is 0 Å². The van der Waals surface area contributed by atoms with Crippen molar-refractivity contribution >= 4 is 0 Å². The molecule has 1 aromatic rings. The highest BCUT2D eigenvalue weighted by Gasteiger charge is 1.99. The first-order chi connectivity index (χ1) is 8.22. The molecule has 0 bridgehead atoms. The van der Waals surface area contributed by atoms with Crippen LogP contribution in [0.25, 0.3) is 0 Å². The molecular weight excluding hydrogens is 208 g/mol. The maximum Gasteiger partial charge on any atom is 0.00188 e. The van der Waals surface area contributed by atoms with E-state index in [0.717, 1.165) is 19.5 Å². The second kappa shape index (κ2) is 8.26. The monoisotopic (exact) mass is 234 g/mol. The molecule has 0 amide bonds. The van der Waals surface area contributed by atoms with E-state index in [4.69, 9.17) is 0 Å². The third-order valence-electron chi connectivity index (χ3n) is 3.08. The molecule has 1 aromatic carbocycles. The molecule has 0 aliphatic heterocycles. The third kappa shape index (κ3) is 6.44. The van der Waals surface area contributed by atoms with E-state index < -0.39 is 0 Å². The van der Waals surface area contributed by atoms with E-state index in [0.29, 0.717) is 0 Å². The number of hydrogen-bond acceptors (Lipinski definition) is 2. The molecule has 0 saturated carbocycles. The third-order valence-corrected chi connectivity index (χ3v) is 3.08. The normalized spacial score (nSPS) is 11.1. The van der Waals surface area contributed by atoms with Gasteiger partial charge in [0, 0.05) is 6.54 Å². The van der Waals surface area contributed by atoms with Crippen LogP contribution in [-0.4, -0.2) is 38.6 Å². The number of hydrogen-bond donors (Lipinski definition) is 1. The maximum atomic E-state index is 3.19. The van der Waals surface area contributed by atoms with Crippen LogP contribution in [0.4, 0.5) is 0 Å². The Kier molecular flexibility index (Phi) is 6.90. The zero-order valence-electron chi connectivity index (χ0n) is 11.5. The molecule has 0 aliphatic rings. The van der Waals surface area contributed by atoms with Crippen LogP contribution in [0.2, 0.25) is 0 Å². The summed E-state index contributed by atoms with van der Waals surface area (Å²) in [5, 5.41) is 3.19. The summed E-state index contributed by atoms with van der Waals surface area (Å²) in [7, 11) is 4.23. The lowest BCUT2D eigenvalue weighted by molar-refractivity contribution is 0.329. The molecule has 96 valence electrons. The quantitative estimate of drug-likeness (QED) is 0.695. The summed E-state index contributed by atoms with van der Waals surface area (Å²) in [6, 6.07) is 8.82. The van der Waals surface area contributed by atoms with E-state index in [2.05, 4.69) is 48.5 Å². The Morgan fingerprint density at radius 1 is 1.18 bits per heavy atom. The minimum atomic E-state index is 1.13. The molecule has 0 heterocycles. The van der Waals surface area contributed by atoms with Crippen molar-refractivity contribution < 1.29 is 0 Å². The molecule has 1 rings (SSSR count). The van der Waals surface area contributed by atoms with Gasteiger partial charge >= 0.3 is 0 Å². The van der Waals surface area contributed by atoms with Crippen molar-refractivity contribution in [3.8, 4) is 0 Å². The largest absolute Gasteiger partial charge is 0.320 e. The summed E-state index contributed by atoms with van der Waals surface area (Å²) in [5.41, 5.74) is 2.81. The SMILES string of the molecule is CNCCCCN(C)CCc1cccc(C)c1. The first kappa shape index (κ1) is 14.2. The molecule has 0 aliphatic carbocycles. The molecule has 2 nitrogen and oxygen atoms in total. The highest BCUT2D eigenvalue weighted by Crippen LogP contribution is 2.05. The smallest absolute Gasteiger partial charge is 0.00188 e. The fourth-order valence-electron chi connectivity index (χ4n) is 1.98. The lowest BCUT2D eigenvalue weighted by Gasteiger charge is -2.16. The molecule has 0 unspecified atom stereocenters. The first-order valence-corrected chi connectivity index (χ1v) is 6.61. The number of rotatable bonds is 8. The van der Waals surface area contributed by atoms with Gasteiger partial charge in [-0.2, -0.15) is 0 Å². The average molecular weight is 234 g/mol. The molecule has 0 fully saturated rings. The fraction of sp³-hybridized carbons (Fsp3) is 0.600. The van der Waals surface area contributed by atoms with Gasteiger partial charge < -0.3 is 10.2 Å². The van der Waals surface area contributed by atoms with Gasteiger partial charge in [-0.1, -0.05) is 29.8 Å². The number of aryl methyl sites for hydroxylation is 1. The molecular formula is C15H26N2. The topological polar surface area (TPSA) is 15.3 Å². The molecule has 0 atom stereocenters. The number of likely N-dealkylation sites (N-methyl/N-ethyl adjacent to an activating group) is 1. The average Bonchev–Trinajstić information content (AvgIpc) is 2.32. The molecule has 0 spiro atoms. The molecule has 0 aromatic heterocycles. The van der Waals surface area contributed by atoms with Gasteiger partial charge in [0.15, 0.2) is 0 Å². The van der Waals surface area contributed by atoms with Crippen molar-refractivity contribution in [3.05, 3.63) is 35.4 Å². The van der Waals surface area contributed by atoms with Gasteiger partial charge in [0.25, 0.3) is 0 Å². The second-order valence-corrected chi connectivity index (χ2v) is 4.85. The summed E-state index contributed by atoms with van der Waals surface area (Å²) in [5.74, 6) is 0. The van der Waals surface area contributed by atoms with Crippen molar-refractivity contribution in [3.63, 3.8) is 0 Å². The molecule has 17 heavy (non-hydrogen) atoms. The van der Waals surface area contributed by atoms with Crippen LogP contribution in [0, 0.1) is 6.92 Å². The van der Waals surface area contributed by atoms with E-state index in [1.165, 1.54) is 30.5 Å². The predicted molar refractivity (Wildman–Crippen MR) is 75.5 cm³/mol. The van der Waals surface area contributed by atoms with E-state index in [-0.39, 0.29) is 0 Å². The number of benzene rings is 1. The summed E-state index contributed by atoms with van der Waals surface area (Å²) >= 11 is 0. The second-order valence-electron chi connectivity index (χ2n) is 4.85. The van der Waals surface area contributed by atoms with Crippen LogP contribution in [0.15, 0.2) is 24.3 Å². The fourth-order valence-corrected chi connectivity index (χ4v) is 1.98. The summed E-state index contributed by atoms with van der Waals surface area (Å²) < 4.78 is 0. The van der Waals surface area contributed by atoms with Crippen molar-refractivity contribution in [2.75, 3.05) is 33.7 Å². The van der Waals surface area contributed by atoms with Gasteiger partial charge in [-0.15, -0.1) is 0 Å². The van der Waals surface area contributed by atoms with Crippen molar-refractivity contribution in [1.29, 1.82) is 0 Å². The molecule has 0 radical (unpaired) electrons. The zero-order chi connectivity index (χ0) is 12.5. The molecule has 2 heteroatoms. The lowest BCUT2D eigenvalue weighted by atomic mass is 10.1. The Labute approximate surface area is 106 Å². The van der Waals surface area contributed by atoms with Crippen molar-refractivity contribution in [1.82, 2.24) is 10.2 Å². The lowest BCUT2D eigenvalue weighted by Crippen LogP contribution is -2.23. The van der Waals surface area contributed by atoms with E-state index >= 15 is 0 Å². The molecule has 0 saturated heterocycles. The van der Waals surface area contributed by atoms with Gasteiger partial charge in [0.05, 0.1) is 0 Å². The zero-order valence-corrected chi connectivity index (χ0v) is 11.5. The van der Waals surface area contributed by atoms with Gasteiger partial charge in [0.2, 0.25) is 0 Å². The highest BCUT2D eigenvalue weighted by atomic mass is 15.1. The predicted octanol–water partition coefficient (Wildman–Crippen LogP) is 2.47. The summed E-state index contributed by atoms with van der Waals surface area (Å²) in [4.78, 5) is 2.43. The Morgan fingerprint density at radius 3 is 2.71 bits per heavy atom. The standard InChI is InChI=1S/C15H26N2/c1-14-7-6-8-15(13-14)9-12-17(3)11-5-4-10-16-2/h6-8,13,16H,4-5,9-12H2,1-3H3. The Hall–Kier alpha value is -0.860. The first-order valence-electron chi connectivity index (χ1n) is 6.61. The van der Waals surface area contributed by atoms with Crippen LogP contribution >= 0.6 is 0 Å². The van der Waals surface area contributed by atoms with Crippen LogP contribution in [-0.2, 0) is 6.42 Å². The van der Waals surface area contributed by atoms with E-state index in [1.807, 2.05) is 7.05 Å². The van der Waals surface area contributed by atoms with Gasteiger partial charge in [-0.25, -0.2) is 0 Å². The van der Waals surface area contributed by atoms with Crippen LogP contribution < -0.4 is 5.32 Å². The minimum absolute atomic E-state index is 1.13. The van der Waals surface area contributed by atoms with Crippen LogP contribution in [0.1, 0.15) is 24.0 Å². The Morgan fingerprint density at radius 2 is 2.00 bits per heavy atom.